The van der Waals surface area contributed by atoms with Gasteiger partial charge in [-0.1, -0.05) is 35.9 Å². The Balaban J connectivity index is 2.14. The van der Waals surface area contributed by atoms with Crippen LogP contribution in [0.2, 0.25) is 0 Å². The van der Waals surface area contributed by atoms with Gasteiger partial charge in [-0.05, 0) is 32.2 Å². The van der Waals surface area contributed by atoms with Gasteiger partial charge in [0.2, 0.25) is 0 Å². The molecule has 0 amide bonds. The molecule has 0 aliphatic carbocycles. The van der Waals surface area contributed by atoms with Gasteiger partial charge in [-0.2, -0.15) is 0 Å². The van der Waals surface area contributed by atoms with Crippen molar-refractivity contribution in [3.8, 4) is 0 Å². The van der Waals surface area contributed by atoms with Crippen molar-refractivity contribution in [2.24, 2.45) is 0 Å². The molecule has 2 aromatic rings. The van der Waals surface area contributed by atoms with Gasteiger partial charge in [0, 0.05) is 24.8 Å². The van der Waals surface area contributed by atoms with Crippen LogP contribution in [-0.4, -0.2) is 20.6 Å². The maximum absolute atomic E-state index is 13.9. The van der Waals surface area contributed by atoms with Crippen LogP contribution in [0.25, 0.3) is 0 Å². The highest BCUT2D eigenvalue weighted by molar-refractivity contribution is 5.47. The maximum atomic E-state index is 13.9. The number of hydrogen-bond donors (Lipinski definition) is 1. The fourth-order valence-corrected chi connectivity index (χ4v) is 2.28. The lowest BCUT2D eigenvalue weighted by molar-refractivity contribution is 0.535. The van der Waals surface area contributed by atoms with E-state index in [0.717, 1.165) is 5.69 Å². The van der Waals surface area contributed by atoms with Gasteiger partial charge in [0.15, 0.2) is 0 Å². The highest BCUT2D eigenvalue weighted by atomic mass is 19.1. The van der Waals surface area contributed by atoms with Crippen molar-refractivity contribution in [1.29, 1.82) is 0 Å². The minimum absolute atomic E-state index is 0.0393. The second-order valence-corrected chi connectivity index (χ2v) is 5.08. The van der Waals surface area contributed by atoms with E-state index < -0.39 is 0 Å². The number of likely N-dealkylation sites (N-methyl/N-ethyl adjacent to an activating group) is 2. The molecule has 0 aliphatic rings. The summed E-state index contributed by atoms with van der Waals surface area (Å²) in [7, 11) is 3.88. The number of halogens is 1. The van der Waals surface area contributed by atoms with E-state index in [0.29, 0.717) is 12.1 Å². The zero-order valence-corrected chi connectivity index (χ0v) is 12.2. The van der Waals surface area contributed by atoms with Crippen LogP contribution in [0.4, 0.5) is 10.1 Å². The Morgan fingerprint density at radius 1 is 1.10 bits per heavy atom. The van der Waals surface area contributed by atoms with Crippen LogP contribution >= 0.6 is 0 Å². The lowest BCUT2D eigenvalue weighted by Crippen LogP contribution is -2.31. The minimum Gasteiger partial charge on any atom is -0.373 e. The number of hydrogen-bond acceptors (Lipinski definition) is 2. The maximum Gasteiger partial charge on any atom is 0.128 e. The second-order valence-electron chi connectivity index (χ2n) is 5.08. The van der Waals surface area contributed by atoms with Gasteiger partial charge in [-0.3, -0.25) is 0 Å². The van der Waals surface area contributed by atoms with Gasteiger partial charge in [0.25, 0.3) is 0 Å². The van der Waals surface area contributed by atoms with Crippen molar-refractivity contribution in [3.63, 3.8) is 0 Å². The number of nitrogens with one attached hydrogen (secondary N) is 1. The summed E-state index contributed by atoms with van der Waals surface area (Å²) in [6.45, 7) is 2.78. The van der Waals surface area contributed by atoms with Crippen LogP contribution in [0.15, 0.2) is 48.5 Å². The Labute approximate surface area is 120 Å². The molecule has 3 heteroatoms. The Morgan fingerprint density at radius 3 is 2.35 bits per heavy atom. The number of benzene rings is 2. The van der Waals surface area contributed by atoms with Gasteiger partial charge in [-0.15, -0.1) is 0 Å². The van der Waals surface area contributed by atoms with E-state index in [2.05, 4.69) is 41.4 Å². The first-order valence-electron chi connectivity index (χ1n) is 6.81. The summed E-state index contributed by atoms with van der Waals surface area (Å²) >= 11 is 0. The van der Waals surface area contributed by atoms with Crippen LogP contribution in [0.3, 0.4) is 0 Å². The molecular weight excluding hydrogens is 251 g/mol. The van der Waals surface area contributed by atoms with Crippen LogP contribution in [0.5, 0.6) is 0 Å². The average molecular weight is 272 g/mol. The molecule has 0 saturated carbocycles. The van der Waals surface area contributed by atoms with E-state index in [1.54, 1.807) is 6.07 Å². The number of aryl methyl sites for hydroxylation is 1. The number of anilines is 1. The first kappa shape index (κ1) is 14.5. The highest BCUT2D eigenvalue weighted by Gasteiger charge is 2.15. The monoisotopic (exact) mass is 272 g/mol. The standard InChI is InChI=1S/C17H21FN2/c1-13-8-10-14(11-9-13)20(3)12-17(19-2)15-6-4-5-7-16(15)18/h4-11,17,19H,12H2,1-3H3. The van der Waals surface area contributed by atoms with E-state index in [1.165, 1.54) is 11.6 Å². The van der Waals surface area contributed by atoms with Crippen molar-refractivity contribution in [3.05, 3.63) is 65.5 Å². The van der Waals surface area contributed by atoms with Crippen LogP contribution in [0, 0.1) is 12.7 Å². The van der Waals surface area contributed by atoms with Crippen molar-refractivity contribution in [1.82, 2.24) is 5.32 Å². The van der Waals surface area contributed by atoms with E-state index in [9.17, 15) is 4.39 Å². The number of rotatable bonds is 5. The van der Waals surface area contributed by atoms with Gasteiger partial charge in [0.1, 0.15) is 5.82 Å². The zero-order valence-electron chi connectivity index (χ0n) is 12.2. The molecule has 1 unspecified atom stereocenters. The molecule has 0 fully saturated rings. The van der Waals surface area contributed by atoms with Gasteiger partial charge in [-0.25, -0.2) is 4.39 Å². The molecule has 106 valence electrons. The third-order valence-corrected chi connectivity index (χ3v) is 3.56. The summed E-state index contributed by atoms with van der Waals surface area (Å²) in [5, 5.41) is 3.19. The molecule has 0 radical (unpaired) electrons. The van der Waals surface area contributed by atoms with Gasteiger partial charge < -0.3 is 10.2 Å². The highest BCUT2D eigenvalue weighted by Crippen LogP contribution is 2.20. The topological polar surface area (TPSA) is 15.3 Å². The summed E-state index contributed by atoms with van der Waals surface area (Å²) in [6, 6.07) is 15.2. The molecule has 1 N–H and O–H groups in total. The molecule has 0 aromatic heterocycles. The fourth-order valence-electron chi connectivity index (χ4n) is 2.28. The largest absolute Gasteiger partial charge is 0.373 e. The van der Waals surface area contributed by atoms with E-state index in [1.807, 2.05) is 26.2 Å². The Morgan fingerprint density at radius 2 is 1.75 bits per heavy atom. The predicted molar refractivity (Wildman–Crippen MR) is 82.6 cm³/mol. The summed E-state index contributed by atoms with van der Waals surface area (Å²) in [5.74, 6) is -0.163. The normalized spacial score (nSPS) is 12.2. The Kier molecular flexibility index (Phi) is 4.74. The van der Waals surface area contributed by atoms with Crippen molar-refractivity contribution in [2.75, 3.05) is 25.5 Å². The summed E-state index contributed by atoms with van der Waals surface area (Å²) in [4.78, 5) is 2.13. The molecule has 2 aromatic carbocycles. The third-order valence-electron chi connectivity index (χ3n) is 3.56. The fraction of sp³-hybridized carbons (Fsp3) is 0.294. The lowest BCUT2D eigenvalue weighted by atomic mass is 10.1. The van der Waals surface area contributed by atoms with E-state index in [-0.39, 0.29) is 11.9 Å². The summed E-state index contributed by atoms with van der Waals surface area (Å²) in [6.07, 6.45) is 0. The average Bonchev–Trinajstić information content (AvgIpc) is 2.46. The molecule has 0 aliphatic heterocycles. The predicted octanol–water partition coefficient (Wildman–Crippen LogP) is 3.53. The van der Waals surface area contributed by atoms with Crippen LogP contribution in [-0.2, 0) is 0 Å². The summed E-state index contributed by atoms with van der Waals surface area (Å²) < 4.78 is 13.9. The lowest BCUT2D eigenvalue weighted by Gasteiger charge is -2.26. The molecule has 0 heterocycles. The smallest absolute Gasteiger partial charge is 0.128 e. The first-order valence-corrected chi connectivity index (χ1v) is 6.81. The van der Waals surface area contributed by atoms with Crippen molar-refractivity contribution >= 4 is 5.69 Å². The summed E-state index contributed by atoms with van der Waals surface area (Å²) in [5.41, 5.74) is 3.07. The van der Waals surface area contributed by atoms with Gasteiger partial charge >= 0.3 is 0 Å². The van der Waals surface area contributed by atoms with E-state index in [4.69, 9.17) is 0 Å². The Hall–Kier alpha value is -1.87. The first-order chi connectivity index (χ1) is 9.61. The van der Waals surface area contributed by atoms with E-state index >= 15 is 0 Å². The quantitative estimate of drug-likeness (QED) is 0.895. The molecule has 0 bridgehead atoms. The molecule has 2 nitrogen and oxygen atoms in total. The van der Waals surface area contributed by atoms with Crippen LogP contribution in [0.1, 0.15) is 17.2 Å². The molecule has 0 saturated heterocycles. The van der Waals surface area contributed by atoms with Gasteiger partial charge in [0.05, 0.1) is 6.04 Å². The molecule has 2 rings (SSSR count). The SMILES string of the molecule is CNC(CN(C)c1ccc(C)cc1)c1ccccc1F. The minimum atomic E-state index is -0.163. The zero-order chi connectivity index (χ0) is 14.5. The van der Waals surface area contributed by atoms with Crippen molar-refractivity contribution in [2.45, 2.75) is 13.0 Å². The second kappa shape index (κ2) is 6.53. The molecule has 20 heavy (non-hydrogen) atoms. The molecule has 1 atom stereocenters. The van der Waals surface area contributed by atoms with Crippen LogP contribution < -0.4 is 10.2 Å². The van der Waals surface area contributed by atoms with Crippen molar-refractivity contribution < 1.29 is 4.39 Å². The Bertz CT molecular complexity index is 551. The third kappa shape index (κ3) is 3.36. The number of nitrogens with zero attached hydrogens (tertiary/aromatic N) is 1. The molecule has 0 spiro atoms. The molecular formula is C17H21FN2.